The molecule has 9 nitrogen and oxygen atoms in total. The van der Waals surface area contributed by atoms with Gasteiger partial charge in [0, 0.05) is 63.9 Å². The van der Waals surface area contributed by atoms with E-state index in [0.717, 1.165) is 12.8 Å². The summed E-state index contributed by atoms with van der Waals surface area (Å²) in [6, 6.07) is 2.55. The minimum absolute atomic E-state index is 0.0338. The lowest BCUT2D eigenvalue weighted by Crippen LogP contribution is -2.15. The molecule has 3 aromatic carbocycles. The molecule has 3 heterocycles. The molecule has 6 rings (SSSR count). The number of hydrogen-bond acceptors (Lipinski definition) is 9. The third-order valence-electron chi connectivity index (χ3n) is 7.73. The van der Waals surface area contributed by atoms with Crippen LogP contribution in [0.5, 0.6) is 51.7 Å². The second kappa shape index (κ2) is 9.31. The summed E-state index contributed by atoms with van der Waals surface area (Å²) in [6.07, 6.45) is 3.82. The van der Waals surface area contributed by atoms with Crippen LogP contribution in [-0.2, 0) is 32.1 Å². The minimum atomic E-state index is -0.225. The van der Waals surface area contributed by atoms with Crippen molar-refractivity contribution in [3.63, 3.8) is 0 Å². The summed E-state index contributed by atoms with van der Waals surface area (Å²) in [5.41, 5.74) is 3.07. The van der Waals surface area contributed by atoms with E-state index in [-0.39, 0.29) is 52.9 Å². The lowest BCUT2D eigenvalue weighted by Gasteiger charge is -2.27. The zero-order valence-electron chi connectivity index (χ0n) is 20.8. The van der Waals surface area contributed by atoms with E-state index in [4.69, 9.17) is 14.2 Å². The standard InChI is InChI=1S/C29H30O9/c30-21-12-23(32)17(27-14(21)4-1-7-36-27)10-19-25(34)16-6-3-9-38-29(16)20(26(19)35)11-18-24(33)13-22(31)15-5-2-8-37-28(15)18/h12-13,30-35H,1-11H2. The predicted octanol–water partition coefficient (Wildman–Crippen LogP) is 4.08. The molecule has 0 bridgehead atoms. The Morgan fingerprint density at radius 2 is 0.895 bits per heavy atom. The van der Waals surface area contributed by atoms with Gasteiger partial charge in [-0.05, 0) is 38.5 Å². The third kappa shape index (κ3) is 3.84. The maximum absolute atomic E-state index is 11.6. The fraction of sp³-hybridized carbons (Fsp3) is 0.379. The van der Waals surface area contributed by atoms with Gasteiger partial charge in [-0.2, -0.15) is 0 Å². The topological polar surface area (TPSA) is 149 Å². The normalized spacial score (nSPS) is 15.9. The number of fused-ring (bicyclic) bond motifs is 3. The van der Waals surface area contributed by atoms with Gasteiger partial charge in [0.05, 0.1) is 19.8 Å². The van der Waals surface area contributed by atoms with E-state index in [1.54, 1.807) is 0 Å². The van der Waals surface area contributed by atoms with Gasteiger partial charge in [-0.1, -0.05) is 0 Å². The number of aromatic hydroxyl groups is 6. The molecule has 0 atom stereocenters. The summed E-state index contributed by atoms with van der Waals surface area (Å²) in [5.74, 6) is 0.316. The van der Waals surface area contributed by atoms with Crippen LogP contribution in [0.4, 0.5) is 0 Å². The van der Waals surface area contributed by atoms with Gasteiger partial charge in [0.25, 0.3) is 0 Å². The lowest BCUT2D eigenvalue weighted by atomic mass is 9.88. The first-order valence-electron chi connectivity index (χ1n) is 12.9. The highest BCUT2D eigenvalue weighted by Crippen LogP contribution is 2.51. The van der Waals surface area contributed by atoms with Crippen molar-refractivity contribution in [2.45, 2.75) is 51.4 Å². The SMILES string of the molecule is Oc1cc(O)c(Cc2c(O)c3c(c(Cc4c(O)cc(O)c5c4OCCC5)c2O)OCCC3)c2c1CCCO2. The molecule has 0 fully saturated rings. The van der Waals surface area contributed by atoms with Gasteiger partial charge in [0.15, 0.2) is 0 Å². The van der Waals surface area contributed by atoms with E-state index in [1.807, 2.05) is 0 Å². The fourth-order valence-corrected chi connectivity index (χ4v) is 5.84. The van der Waals surface area contributed by atoms with Gasteiger partial charge < -0.3 is 44.8 Å². The van der Waals surface area contributed by atoms with Crippen molar-refractivity contribution >= 4 is 0 Å². The van der Waals surface area contributed by atoms with Crippen LogP contribution < -0.4 is 14.2 Å². The summed E-state index contributed by atoms with van der Waals surface area (Å²) in [7, 11) is 0. The summed E-state index contributed by atoms with van der Waals surface area (Å²) in [5, 5.41) is 65.0. The molecule has 38 heavy (non-hydrogen) atoms. The second-order valence-electron chi connectivity index (χ2n) is 10.1. The first-order chi connectivity index (χ1) is 18.3. The van der Waals surface area contributed by atoms with Gasteiger partial charge in [0.1, 0.15) is 51.7 Å². The van der Waals surface area contributed by atoms with Crippen molar-refractivity contribution in [1.82, 2.24) is 0 Å². The minimum Gasteiger partial charge on any atom is -0.507 e. The molecule has 0 saturated carbocycles. The van der Waals surface area contributed by atoms with Gasteiger partial charge in [0.2, 0.25) is 0 Å². The fourth-order valence-electron chi connectivity index (χ4n) is 5.84. The molecule has 0 aliphatic carbocycles. The third-order valence-corrected chi connectivity index (χ3v) is 7.73. The average molecular weight is 523 g/mol. The molecule has 0 spiro atoms. The molecule has 200 valence electrons. The van der Waals surface area contributed by atoms with Gasteiger partial charge in [-0.15, -0.1) is 0 Å². The predicted molar refractivity (Wildman–Crippen MR) is 136 cm³/mol. The molecule has 9 heteroatoms. The summed E-state index contributed by atoms with van der Waals surface area (Å²) in [6.45, 7) is 1.28. The number of phenols is 6. The van der Waals surface area contributed by atoms with Crippen molar-refractivity contribution in [3.8, 4) is 51.7 Å². The highest BCUT2D eigenvalue weighted by Gasteiger charge is 2.32. The highest BCUT2D eigenvalue weighted by molar-refractivity contribution is 5.68. The van der Waals surface area contributed by atoms with Gasteiger partial charge >= 0.3 is 0 Å². The summed E-state index contributed by atoms with van der Waals surface area (Å²) in [4.78, 5) is 0. The van der Waals surface area contributed by atoms with Crippen LogP contribution in [0.3, 0.4) is 0 Å². The maximum atomic E-state index is 11.6. The zero-order chi connectivity index (χ0) is 26.6. The van der Waals surface area contributed by atoms with Crippen molar-refractivity contribution < 1.29 is 44.8 Å². The van der Waals surface area contributed by atoms with Crippen LogP contribution in [0.15, 0.2) is 12.1 Å². The van der Waals surface area contributed by atoms with Crippen LogP contribution in [0.25, 0.3) is 0 Å². The van der Waals surface area contributed by atoms with E-state index in [1.165, 1.54) is 12.1 Å². The van der Waals surface area contributed by atoms with E-state index in [0.29, 0.717) is 96.1 Å². The number of ether oxygens (including phenoxy) is 3. The van der Waals surface area contributed by atoms with Crippen LogP contribution in [0.2, 0.25) is 0 Å². The molecular weight excluding hydrogens is 492 g/mol. The van der Waals surface area contributed by atoms with E-state index < -0.39 is 0 Å². The van der Waals surface area contributed by atoms with Crippen LogP contribution >= 0.6 is 0 Å². The molecule has 3 aliphatic heterocycles. The van der Waals surface area contributed by atoms with Crippen molar-refractivity contribution in [2.24, 2.45) is 0 Å². The van der Waals surface area contributed by atoms with E-state index in [2.05, 4.69) is 0 Å². The Labute approximate surface area is 219 Å². The molecular formula is C29H30O9. The molecule has 0 amide bonds. The van der Waals surface area contributed by atoms with Gasteiger partial charge in [-0.25, -0.2) is 0 Å². The van der Waals surface area contributed by atoms with Crippen molar-refractivity contribution in [1.29, 1.82) is 0 Å². The second-order valence-corrected chi connectivity index (χ2v) is 10.1. The Kier molecular flexibility index (Phi) is 5.93. The lowest BCUT2D eigenvalue weighted by molar-refractivity contribution is 0.273. The number of phenolic OH excluding ortho intramolecular Hbond substituents is 6. The van der Waals surface area contributed by atoms with E-state index in [9.17, 15) is 30.6 Å². The number of benzene rings is 3. The zero-order valence-corrected chi connectivity index (χ0v) is 20.8. The largest absolute Gasteiger partial charge is 0.507 e. The van der Waals surface area contributed by atoms with E-state index >= 15 is 0 Å². The average Bonchev–Trinajstić information content (AvgIpc) is 2.92. The van der Waals surface area contributed by atoms with Crippen molar-refractivity contribution in [2.75, 3.05) is 19.8 Å². The monoisotopic (exact) mass is 522 g/mol. The molecule has 6 N–H and O–H groups in total. The first kappa shape index (κ1) is 24.2. The smallest absolute Gasteiger partial charge is 0.133 e. The molecule has 3 aromatic rings. The quantitative estimate of drug-likeness (QED) is 0.298. The Morgan fingerprint density at radius 3 is 1.39 bits per heavy atom. The Morgan fingerprint density at radius 1 is 0.474 bits per heavy atom. The molecule has 3 aliphatic rings. The molecule has 0 aromatic heterocycles. The first-order valence-corrected chi connectivity index (χ1v) is 12.9. The summed E-state index contributed by atoms with van der Waals surface area (Å²) < 4.78 is 17.6. The molecule has 0 unspecified atom stereocenters. The Balaban J connectivity index is 1.51. The number of rotatable bonds is 4. The van der Waals surface area contributed by atoms with Crippen LogP contribution in [0.1, 0.15) is 58.2 Å². The Bertz CT molecular complexity index is 1440. The summed E-state index contributed by atoms with van der Waals surface area (Å²) >= 11 is 0. The Hall–Kier alpha value is -4.14. The van der Waals surface area contributed by atoms with Crippen molar-refractivity contribution in [3.05, 3.63) is 51.1 Å². The van der Waals surface area contributed by atoms with Crippen LogP contribution in [-0.4, -0.2) is 50.5 Å². The number of hydrogen-bond donors (Lipinski definition) is 6. The maximum Gasteiger partial charge on any atom is 0.133 e. The highest BCUT2D eigenvalue weighted by atomic mass is 16.5. The van der Waals surface area contributed by atoms with Gasteiger partial charge in [-0.3, -0.25) is 0 Å². The molecule has 0 saturated heterocycles. The van der Waals surface area contributed by atoms with Crippen LogP contribution in [0, 0.1) is 0 Å². The molecule has 0 radical (unpaired) electrons.